The van der Waals surface area contributed by atoms with Crippen molar-refractivity contribution in [3.05, 3.63) is 29.8 Å². The number of hydrogen-bond acceptors (Lipinski definition) is 5. The maximum absolute atomic E-state index is 11.5. The van der Waals surface area contributed by atoms with Gasteiger partial charge in [-0.3, -0.25) is 4.79 Å². The molecular formula is C14H17N3O3. The van der Waals surface area contributed by atoms with Crippen LogP contribution >= 0.6 is 0 Å². The van der Waals surface area contributed by atoms with Crippen LogP contribution in [0.25, 0.3) is 0 Å². The van der Waals surface area contributed by atoms with Crippen LogP contribution in [0.1, 0.15) is 25.3 Å². The monoisotopic (exact) mass is 275 g/mol. The molecule has 0 aliphatic heterocycles. The van der Waals surface area contributed by atoms with Gasteiger partial charge in [-0.15, -0.1) is 0 Å². The highest BCUT2D eigenvalue weighted by molar-refractivity contribution is 6.02. The summed E-state index contributed by atoms with van der Waals surface area (Å²) >= 11 is 0. The van der Waals surface area contributed by atoms with Crippen LogP contribution in [-0.2, 0) is 4.79 Å². The second-order valence-electron chi connectivity index (χ2n) is 3.94. The molecule has 2 N–H and O–H groups in total. The summed E-state index contributed by atoms with van der Waals surface area (Å²) in [6.45, 7) is 2.02. The fraction of sp³-hybridized carbons (Fsp3) is 0.357. The third-order valence-corrected chi connectivity index (χ3v) is 2.57. The number of oxime groups is 1. The van der Waals surface area contributed by atoms with E-state index in [9.17, 15) is 4.79 Å². The van der Waals surface area contributed by atoms with Gasteiger partial charge in [0.15, 0.2) is 6.61 Å². The van der Waals surface area contributed by atoms with Crippen LogP contribution in [0, 0.1) is 11.3 Å². The van der Waals surface area contributed by atoms with Crippen molar-refractivity contribution in [3.8, 4) is 11.8 Å². The Balaban J connectivity index is 2.65. The molecule has 0 saturated heterocycles. The Morgan fingerprint density at radius 3 is 2.90 bits per heavy atom. The number of ether oxygens (including phenoxy) is 1. The van der Waals surface area contributed by atoms with Gasteiger partial charge in [0.25, 0.3) is 5.91 Å². The molecule has 0 radical (unpaired) electrons. The number of amides is 1. The smallest absolute Gasteiger partial charge is 0.257 e. The summed E-state index contributed by atoms with van der Waals surface area (Å²) in [5.41, 5.74) is 1.15. The zero-order valence-electron chi connectivity index (χ0n) is 11.3. The van der Waals surface area contributed by atoms with Crippen molar-refractivity contribution in [2.24, 2.45) is 5.16 Å². The Morgan fingerprint density at radius 1 is 1.50 bits per heavy atom. The van der Waals surface area contributed by atoms with E-state index in [-0.39, 0.29) is 18.9 Å². The standard InChI is InChI=1S/C14H17N3O3/c1-2-12(17-19)11-6-3-4-7-13(11)20-10-14(18)16-9-5-8-15/h3-4,6-7,19H,2,5,9-10H2,1H3,(H,16,18)/b17-12+. The second-order valence-corrected chi connectivity index (χ2v) is 3.94. The minimum Gasteiger partial charge on any atom is -0.483 e. The molecule has 0 aliphatic carbocycles. The Hall–Kier alpha value is -2.55. The first-order chi connectivity index (χ1) is 9.72. The van der Waals surface area contributed by atoms with Crippen LogP contribution in [0.2, 0.25) is 0 Å². The fourth-order valence-electron chi connectivity index (χ4n) is 1.60. The molecule has 0 aromatic heterocycles. The van der Waals surface area contributed by atoms with Crippen LogP contribution in [0.5, 0.6) is 5.75 Å². The van der Waals surface area contributed by atoms with Gasteiger partial charge in [-0.2, -0.15) is 5.26 Å². The molecule has 0 aliphatic rings. The lowest BCUT2D eigenvalue weighted by Crippen LogP contribution is -2.29. The van der Waals surface area contributed by atoms with Gasteiger partial charge in [0.1, 0.15) is 5.75 Å². The molecule has 0 spiro atoms. The molecule has 106 valence electrons. The molecule has 1 amide bonds. The quantitative estimate of drug-likeness (QED) is 0.342. The van der Waals surface area contributed by atoms with Gasteiger partial charge in [-0.1, -0.05) is 24.2 Å². The molecule has 20 heavy (non-hydrogen) atoms. The van der Waals surface area contributed by atoms with E-state index in [0.29, 0.717) is 30.0 Å². The Bertz CT molecular complexity index is 521. The largest absolute Gasteiger partial charge is 0.483 e. The lowest BCUT2D eigenvalue weighted by Gasteiger charge is -2.11. The zero-order valence-corrected chi connectivity index (χ0v) is 11.3. The third-order valence-electron chi connectivity index (χ3n) is 2.57. The molecule has 0 unspecified atom stereocenters. The summed E-state index contributed by atoms with van der Waals surface area (Å²) in [6, 6.07) is 8.99. The first-order valence-corrected chi connectivity index (χ1v) is 6.29. The van der Waals surface area contributed by atoms with E-state index in [1.807, 2.05) is 13.0 Å². The second kappa shape index (κ2) is 8.53. The van der Waals surface area contributed by atoms with Gasteiger partial charge in [-0.25, -0.2) is 0 Å². The molecule has 0 saturated carbocycles. The van der Waals surface area contributed by atoms with E-state index in [1.54, 1.807) is 24.3 Å². The number of para-hydroxylation sites is 1. The van der Waals surface area contributed by atoms with Crippen LogP contribution in [0.15, 0.2) is 29.4 Å². The van der Waals surface area contributed by atoms with E-state index in [1.165, 1.54) is 0 Å². The predicted molar refractivity (Wildman–Crippen MR) is 73.8 cm³/mol. The van der Waals surface area contributed by atoms with Crippen LogP contribution in [0.3, 0.4) is 0 Å². The minimum absolute atomic E-state index is 0.148. The molecule has 1 aromatic carbocycles. The Kier molecular flexibility index (Phi) is 6.62. The van der Waals surface area contributed by atoms with Crippen molar-refractivity contribution in [1.29, 1.82) is 5.26 Å². The lowest BCUT2D eigenvalue weighted by molar-refractivity contribution is -0.123. The summed E-state index contributed by atoms with van der Waals surface area (Å²) in [7, 11) is 0. The van der Waals surface area contributed by atoms with E-state index < -0.39 is 0 Å². The van der Waals surface area contributed by atoms with Gasteiger partial charge in [0, 0.05) is 12.1 Å². The van der Waals surface area contributed by atoms with Gasteiger partial charge in [-0.05, 0) is 18.6 Å². The number of nitrogens with zero attached hydrogens (tertiary/aromatic N) is 2. The summed E-state index contributed by atoms with van der Waals surface area (Å²) in [6.07, 6.45) is 0.810. The number of nitrogens with one attached hydrogen (secondary N) is 1. The Morgan fingerprint density at radius 2 is 2.25 bits per heavy atom. The van der Waals surface area contributed by atoms with Gasteiger partial charge in [0.2, 0.25) is 0 Å². The molecule has 6 heteroatoms. The van der Waals surface area contributed by atoms with Crippen molar-refractivity contribution in [3.63, 3.8) is 0 Å². The molecule has 1 rings (SSSR count). The molecule has 0 fully saturated rings. The van der Waals surface area contributed by atoms with Crippen LogP contribution in [0.4, 0.5) is 0 Å². The number of rotatable bonds is 7. The Labute approximate surface area is 117 Å². The van der Waals surface area contributed by atoms with Gasteiger partial charge < -0.3 is 15.3 Å². The van der Waals surface area contributed by atoms with Crippen molar-refractivity contribution >= 4 is 11.6 Å². The topological polar surface area (TPSA) is 94.7 Å². The number of carbonyl (C=O) groups is 1. The first-order valence-electron chi connectivity index (χ1n) is 6.29. The summed E-state index contributed by atoms with van der Waals surface area (Å²) in [4.78, 5) is 11.5. The average Bonchev–Trinajstić information content (AvgIpc) is 2.48. The van der Waals surface area contributed by atoms with Crippen molar-refractivity contribution in [1.82, 2.24) is 5.32 Å². The highest BCUT2D eigenvalue weighted by Gasteiger charge is 2.10. The van der Waals surface area contributed by atoms with E-state index in [4.69, 9.17) is 15.2 Å². The maximum atomic E-state index is 11.5. The van der Waals surface area contributed by atoms with Gasteiger partial charge in [0.05, 0.1) is 18.2 Å². The fourth-order valence-corrected chi connectivity index (χ4v) is 1.60. The molecule has 1 aromatic rings. The number of benzene rings is 1. The molecular weight excluding hydrogens is 258 g/mol. The van der Waals surface area contributed by atoms with Crippen LogP contribution < -0.4 is 10.1 Å². The molecule has 0 heterocycles. The van der Waals surface area contributed by atoms with Crippen molar-refractivity contribution < 1.29 is 14.7 Å². The maximum Gasteiger partial charge on any atom is 0.257 e. The lowest BCUT2D eigenvalue weighted by atomic mass is 10.1. The minimum atomic E-state index is -0.297. The summed E-state index contributed by atoms with van der Waals surface area (Å²) in [5, 5.41) is 23.1. The van der Waals surface area contributed by atoms with Gasteiger partial charge >= 0.3 is 0 Å². The van der Waals surface area contributed by atoms with Crippen molar-refractivity contribution in [2.45, 2.75) is 19.8 Å². The van der Waals surface area contributed by atoms with Crippen molar-refractivity contribution in [2.75, 3.05) is 13.2 Å². The molecule has 0 atom stereocenters. The van der Waals surface area contributed by atoms with Crippen LogP contribution in [-0.4, -0.2) is 30.0 Å². The van der Waals surface area contributed by atoms with E-state index in [2.05, 4.69) is 10.5 Å². The zero-order chi connectivity index (χ0) is 14.8. The SMILES string of the molecule is CC/C(=N\O)c1ccccc1OCC(=O)NCCC#N. The number of carbonyl (C=O) groups excluding carboxylic acids is 1. The number of nitriles is 1. The predicted octanol–water partition coefficient (Wildman–Crippen LogP) is 1.68. The summed E-state index contributed by atoms with van der Waals surface area (Å²) in [5.74, 6) is 0.187. The molecule has 6 nitrogen and oxygen atoms in total. The highest BCUT2D eigenvalue weighted by atomic mass is 16.5. The molecule has 0 bridgehead atoms. The van der Waals surface area contributed by atoms with E-state index >= 15 is 0 Å². The average molecular weight is 275 g/mol. The third kappa shape index (κ3) is 4.61. The normalized spacial score (nSPS) is 10.7. The number of hydrogen-bond donors (Lipinski definition) is 2. The first kappa shape index (κ1) is 15.5. The van der Waals surface area contributed by atoms with E-state index in [0.717, 1.165) is 0 Å². The summed E-state index contributed by atoms with van der Waals surface area (Å²) < 4.78 is 5.43. The highest BCUT2D eigenvalue weighted by Crippen LogP contribution is 2.20.